The first-order valence-corrected chi connectivity index (χ1v) is 8.81. The highest BCUT2D eigenvalue weighted by Crippen LogP contribution is 2.32. The molecule has 21 heavy (non-hydrogen) atoms. The van der Waals surface area contributed by atoms with Crippen molar-refractivity contribution in [3.63, 3.8) is 0 Å². The van der Waals surface area contributed by atoms with Crippen molar-refractivity contribution in [1.29, 1.82) is 0 Å². The van der Waals surface area contributed by atoms with E-state index < -0.39 is 10.2 Å². The highest BCUT2D eigenvalue weighted by molar-refractivity contribution is 7.86. The molecule has 1 aromatic rings. The van der Waals surface area contributed by atoms with E-state index in [1.54, 1.807) is 17.5 Å². The Bertz CT molecular complexity index is 595. The minimum atomic E-state index is -3.44. The lowest BCUT2D eigenvalue weighted by molar-refractivity contribution is 0.240. The summed E-state index contributed by atoms with van der Waals surface area (Å²) < 4.78 is 30.7. The van der Waals surface area contributed by atoms with Gasteiger partial charge in [0.15, 0.2) is 0 Å². The first kappa shape index (κ1) is 15.0. The maximum atomic E-state index is 12.9. The maximum absolute atomic E-state index is 12.9. The fraction of sp³-hybridized carbons (Fsp3) is 0.769. The molecule has 7 nitrogen and oxygen atoms in total. The van der Waals surface area contributed by atoms with Crippen LogP contribution < -0.4 is 5.32 Å². The molecule has 2 fully saturated rings. The molecule has 118 valence electrons. The first-order chi connectivity index (χ1) is 10.00. The van der Waals surface area contributed by atoms with Gasteiger partial charge in [-0.2, -0.15) is 17.0 Å². The Balaban J connectivity index is 1.84. The summed E-state index contributed by atoms with van der Waals surface area (Å²) >= 11 is 0. The Hall–Kier alpha value is -0.960. The fourth-order valence-electron chi connectivity index (χ4n) is 2.82. The van der Waals surface area contributed by atoms with Gasteiger partial charge in [0.25, 0.3) is 10.2 Å². The van der Waals surface area contributed by atoms with Gasteiger partial charge in [-0.05, 0) is 18.8 Å². The van der Waals surface area contributed by atoms with Crippen molar-refractivity contribution < 1.29 is 8.42 Å². The average molecular weight is 313 g/mol. The summed E-state index contributed by atoms with van der Waals surface area (Å²) in [5, 5.41) is 3.27. The molecule has 0 bridgehead atoms. The zero-order valence-corrected chi connectivity index (χ0v) is 13.4. The largest absolute Gasteiger partial charge is 0.337 e. The van der Waals surface area contributed by atoms with E-state index >= 15 is 0 Å². The van der Waals surface area contributed by atoms with E-state index in [4.69, 9.17) is 0 Å². The average Bonchev–Trinajstić information content (AvgIpc) is 3.18. The highest BCUT2D eigenvalue weighted by atomic mass is 32.2. The summed E-state index contributed by atoms with van der Waals surface area (Å²) in [7, 11) is 0.148. The van der Waals surface area contributed by atoms with Gasteiger partial charge in [-0.25, -0.2) is 4.98 Å². The summed E-state index contributed by atoms with van der Waals surface area (Å²) in [6.07, 6.45) is 5.85. The monoisotopic (exact) mass is 313 g/mol. The molecule has 0 radical (unpaired) electrons. The summed E-state index contributed by atoms with van der Waals surface area (Å²) in [6, 6.07) is -0.245. The molecule has 1 atom stereocenters. The smallest absolute Gasteiger partial charge is 0.282 e. The first-order valence-electron chi connectivity index (χ1n) is 7.41. The maximum Gasteiger partial charge on any atom is 0.282 e. The van der Waals surface area contributed by atoms with Crippen LogP contribution >= 0.6 is 0 Å². The van der Waals surface area contributed by atoms with Crippen LogP contribution in [-0.4, -0.2) is 59.8 Å². The van der Waals surface area contributed by atoms with Gasteiger partial charge >= 0.3 is 0 Å². The second-order valence-corrected chi connectivity index (χ2v) is 7.95. The van der Waals surface area contributed by atoms with Crippen molar-refractivity contribution in [2.24, 2.45) is 13.0 Å². The van der Waals surface area contributed by atoms with Crippen molar-refractivity contribution in [2.75, 3.05) is 33.2 Å². The zero-order valence-electron chi connectivity index (χ0n) is 12.6. The molecule has 3 rings (SSSR count). The molecular weight excluding hydrogens is 290 g/mol. The zero-order chi connectivity index (χ0) is 15.0. The third-order valence-electron chi connectivity index (χ3n) is 4.25. The van der Waals surface area contributed by atoms with Gasteiger partial charge < -0.3 is 9.88 Å². The Morgan fingerprint density at radius 3 is 2.86 bits per heavy atom. The SMILES string of the molecule is CN(CC1CC1)S(=O)(=O)N1CCNCC1c1nccn1C. The van der Waals surface area contributed by atoms with Crippen molar-refractivity contribution >= 4 is 10.2 Å². The quantitative estimate of drug-likeness (QED) is 0.828. The molecule has 2 aliphatic rings. The van der Waals surface area contributed by atoms with Gasteiger partial charge in [-0.15, -0.1) is 0 Å². The van der Waals surface area contributed by atoms with Gasteiger partial charge in [0.1, 0.15) is 5.82 Å². The number of piperazine rings is 1. The van der Waals surface area contributed by atoms with Crippen LogP contribution in [0.4, 0.5) is 0 Å². The van der Waals surface area contributed by atoms with Crippen LogP contribution in [0.1, 0.15) is 24.7 Å². The van der Waals surface area contributed by atoms with Gasteiger partial charge in [0, 0.05) is 52.7 Å². The standard InChI is InChI=1S/C13H23N5O2S/c1-16-7-6-15-13(16)12-9-14-5-8-18(12)21(19,20)17(2)10-11-3-4-11/h6-7,11-12,14H,3-5,8-10H2,1-2H3. The molecular formula is C13H23N5O2S. The summed E-state index contributed by atoms with van der Waals surface area (Å²) in [5.41, 5.74) is 0. The molecule has 1 aliphatic heterocycles. The lowest BCUT2D eigenvalue weighted by atomic mass is 10.2. The minimum Gasteiger partial charge on any atom is -0.337 e. The van der Waals surface area contributed by atoms with Crippen LogP contribution in [0, 0.1) is 5.92 Å². The van der Waals surface area contributed by atoms with E-state index in [9.17, 15) is 8.42 Å². The van der Waals surface area contributed by atoms with Crippen LogP contribution in [0.2, 0.25) is 0 Å². The molecule has 0 spiro atoms. The number of nitrogens with one attached hydrogen (secondary N) is 1. The van der Waals surface area contributed by atoms with Gasteiger partial charge in [0.05, 0.1) is 6.04 Å². The number of aromatic nitrogens is 2. The van der Waals surface area contributed by atoms with E-state index in [-0.39, 0.29) is 6.04 Å². The van der Waals surface area contributed by atoms with E-state index in [1.807, 2.05) is 17.8 Å². The Labute approximate surface area is 126 Å². The third-order valence-corrected chi connectivity index (χ3v) is 6.22. The second-order valence-electron chi connectivity index (χ2n) is 5.96. The Morgan fingerprint density at radius 2 is 2.24 bits per heavy atom. The second kappa shape index (κ2) is 5.68. The molecule has 2 heterocycles. The molecule has 1 saturated heterocycles. The highest BCUT2D eigenvalue weighted by Gasteiger charge is 2.39. The fourth-order valence-corrected chi connectivity index (χ4v) is 4.39. The molecule has 0 amide bonds. The van der Waals surface area contributed by atoms with Crippen LogP contribution in [0.5, 0.6) is 0 Å². The summed E-state index contributed by atoms with van der Waals surface area (Å²) in [5.74, 6) is 1.32. The van der Waals surface area contributed by atoms with Crippen molar-refractivity contribution in [2.45, 2.75) is 18.9 Å². The molecule has 8 heteroatoms. The van der Waals surface area contributed by atoms with Crippen molar-refractivity contribution in [3.8, 4) is 0 Å². The van der Waals surface area contributed by atoms with Crippen molar-refractivity contribution in [1.82, 2.24) is 23.5 Å². The number of rotatable bonds is 5. The van der Waals surface area contributed by atoms with Crippen LogP contribution in [0.3, 0.4) is 0 Å². The lowest BCUT2D eigenvalue weighted by Gasteiger charge is -2.36. The van der Waals surface area contributed by atoms with E-state index in [2.05, 4.69) is 10.3 Å². The number of hydrogen-bond acceptors (Lipinski definition) is 4. The number of nitrogens with zero attached hydrogens (tertiary/aromatic N) is 4. The van der Waals surface area contributed by atoms with E-state index in [0.717, 1.165) is 18.7 Å². The Kier molecular flexibility index (Phi) is 4.04. The molecule has 1 saturated carbocycles. The molecule has 1 unspecified atom stereocenters. The molecule has 1 aromatic heterocycles. The predicted molar refractivity (Wildman–Crippen MR) is 79.8 cm³/mol. The van der Waals surface area contributed by atoms with Crippen LogP contribution in [0.25, 0.3) is 0 Å². The minimum absolute atomic E-state index is 0.245. The van der Waals surface area contributed by atoms with Crippen molar-refractivity contribution in [3.05, 3.63) is 18.2 Å². The van der Waals surface area contributed by atoms with E-state index in [1.165, 1.54) is 4.31 Å². The third kappa shape index (κ3) is 2.98. The topological polar surface area (TPSA) is 70.5 Å². The number of hydrogen-bond donors (Lipinski definition) is 1. The molecule has 0 aromatic carbocycles. The molecule has 1 N–H and O–H groups in total. The molecule has 1 aliphatic carbocycles. The van der Waals surface area contributed by atoms with Gasteiger partial charge in [-0.3, -0.25) is 0 Å². The van der Waals surface area contributed by atoms with Gasteiger partial charge in [-0.1, -0.05) is 0 Å². The summed E-state index contributed by atoms with van der Waals surface area (Å²) in [4.78, 5) is 4.33. The van der Waals surface area contributed by atoms with Gasteiger partial charge in [0.2, 0.25) is 0 Å². The van der Waals surface area contributed by atoms with Crippen LogP contribution in [-0.2, 0) is 17.3 Å². The number of aryl methyl sites for hydroxylation is 1. The van der Waals surface area contributed by atoms with E-state index in [0.29, 0.717) is 32.1 Å². The number of imidazole rings is 1. The predicted octanol–water partition coefficient (Wildman–Crippen LogP) is -0.0470. The lowest BCUT2D eigenvalue weighted by Crippen LogP contribution is -2.53. The normalized spacial score (nSPS) is 24.6. The van der Waals surface area contributed by atoms with Crippen LogP contribution in [0.15, 0.2) is 12.4 Å². The Morgan fingerprint density at radius 1 is 1.48 bits per heavy atom. The summed E-state index contributed by atoms with van der Waals surface area (Å²) in [6.45, 7) is 2.38.